The lowest BCUT2D eigenvalue weighted by molar-refractivity contribution is -0.222. The second-order valence-corrected chi connectivity index (χ2v) is 9.29. The van der Waals surface area contributed by atoms with E-state index in [1.807, 2.05) is 0 Å². The molecular weight excluding hydrogens is 418 g/mol. The first-order chi connectivity index (χ1) is 16.1. The highest BCUT2D eigenvalue weighted by Gasteiger charge is 2.32. The van der Waals surface area contributed by atoms with Crippen LogP contribution in [-0.4, -0.2) is 19.5 Å². The number of benzene rings is 2. The summed E-state index contributed by atoms with van der Waals surface area (Å²) < 4.78 is 36.4. The van der Waals surface area contributed by atoms with E-state index >= 15 is 0 Å². The normalized spacial score (nSPS) is 25.8. The lowest BCUT2D eigenvalue weighted by Gasteiger charge is -2.37. The summed E-state index contributed by atoms with van der Waals surface area (Å²) in [7, 11) is 0. The van der Waals surface area contributed by atoms with Crippen LogP contribution in [0.1, 0.15) is 56.1 Å². The molecule has 1 heterocycles. The van der Waals surface area contributed by atoms with Crippen molar-refractivity contribution in [2.45, 2.75) is 57.7 Å². The van der Waals surface area contributed by atoms with Crippen LogP contribution < -0.4 is 0 Å². The fourth-order valence-corrected chi connectivity index (χ4v) is 5.03. The monoisotopic (exact) mass is 452 g/mol. The van der Waals surface area contributed by atoms with Crippen LogP contribution in [0.25, 0.3) is 11.1 Å². The van der Waals surface area contributed by atoms with Crippen LogP contribution in [0.4, 0.5) is 8.78 Å². The molecule has 0 unspecified atom stereocenters. The summed E-state index contributed by atoms with van der Waals surface area (Å²) >= 11 is 0. The van der Waals surface area contributed by atoms with Gasteiger partial charge in [0.1, 0.15) is 0 Å². The zero-order valence-electron chi connectivity index (χ0n) is 19.4. The van der Waals surface area contributed by atoms with Gasteiger partial charge in [-0.05, 0) is 79.7 Å². The molecule has 1 saturated heterocycles. The first-order valence-electron chi connectivity index (χ1n) is 12.2. The standard InChI is InChI=1S/C29H34F2O2/c1-2-3-4-5-21-6-8-23(9-7-21)24-10-12-25(13-11-24)26-14-16-27(17-15-26)29-32-19-22(20-33-29)18-28(30)31/h2-3,6-13,18,22,26-27,29H,4-5,14-17,19-20H2,1H3/b3-2+. The molecule has 4 rings (SSSR count). The molecule has 2 aromatic rings. The van der Waals surface area contributed by atoms with Crippen molar-refractivity contribution >= 4 is 0 Å². The van der Waals surface area contributed by atoms with Crippen molar-refractivity contribution in [2.75, 3.05) is 13.2 Å². The van der Waals surface area contributed by atoms with Crippen LogP contribution in [0.3, 0.4) is 0 Å². The first-order valence-corrected chi connectivity index (χ1v) is 12.2. The van der Waals surface area contributed by atoms with E-state index in [2.05, 4.69) is 67.6 Å². The fraction of sp³-hybridized carbons (Fsp3) is 0.448. The third-order valence-corrected chi connectivity index (χ3v) is 6.97. The summed E-state index contributed by atoms with van der Waals surface area (Å²) in [5.74, 6) is 0.576. The highest BCUT2D eigenvalue weighted by molar-refractivity contribution is 5.64. The molecular formula is C29H34F2O2. The summed E-state index contributed by atoms with van der Waals surface area (Å²) in [5.41, 5.74) is 5.28. The molecule has 2 aromatic carbocycles. The maximum atomic E-state index is 12.4. The molecule has 0 spiro atoms. The Morgan fingerprint density at radius 3 is 2.06 bits per heavy atom. The number of aryl methyl sites for hydroxylation is 1. The van der Waals surface area contributed by atoms with Crippen LogP contribution in [0, 0.1) is 11.8 Å². The third-order valence-electron chi connectivity index (χ3n) is 6.97. The van der Waals surface area contributed by atoms with Gasteiger partial charge in [0.2, 0.25) is 0 Å². The second kappa shape index (κ2) is 11.7. The van der Waals surface area contributed by atoms with E-state index < -0.39 is 6.08 Å². The van der Waals surface area contributed by atoms with E-state index in [1.165, 1.54) is 22.3 Å². The zero-order valence-corrected chi connectivity index (χ0v) is 19.4. The zero-order chi connectivity index (χ0) is 23.0. The summed E-state index contributed by atoms with van der Waals surface area (Å²) in [6.45, 7) is 2.70. The Morgan fingerprint density at radius 1 is 0.879 bits per heavy atom. The van der Waals surface area contributed by atoms with Crippen molar-refractivity contribution in [3.05, 3.63) is 84.0 Å². The van der Waals surface area contributed by atoms with Gasteiger partial charge in [-0.2, -0.15) is 8.78 Å². The van der Waals surface area contributed by atoms with Gasteiger partial charge in [-0.1, -0.05) is 60.7 Å². The predicted octanol–water partition coefficient (Wildman–Crippen LogP) is 7.91. The molecule has 4 heteroatoms. The van der Waals surface area contributed by atoms with Crippen LogP contribution in [0.2, 0.25) is 0 Å². The number of allylic oxidation sites excluding steroid dienone is 2. The molecule has 0 radical (unpaired) electrons. The van der Waals surface area contributed by atoms with Crippen LogP contribution in [0.5, 0.6) is 0 Å². The molecule has 0 aromatic heterocycles. The van der Waals surface area contributed by atoms with E-state index in [-0.39, 0.29) is 12.2 Å². The molecule has 2 nitrogen and oxygen atoms in total. The Morgan fingerprint density at radius 2 is 1.48 bits per heavy atom. The minimum absolute atomic E-state index is 0.249. The number of hydrogen-bond donors (Lipinski definition) is 0. The van der Waals surface area contributed by atoms with Gasteiger partial charge in [-0.25, -0.2) is 0 Å². The molecule has 1 aliphatic carbocycles. The Hall–Kier alpha value is -2.30. The number of halogens is 2. The van der Waals surface area contributed by atoms with Crippen molar-refractivity contribution in [3.8, 4) is 11.1 Å². The molecule has 0 bridgehead atoms. The first kappa shape index (κ1) is 23.8. The topological polar surface area (TPSA) is 18.5 Å². The molecule has 0 atom stereocenters. The van der Waals surface area contributed by atoms with E-state index in [0.29, 0.717) is 25.0 Å². The molecule has 1 saturated carbocycles. The average Bonchev–Trinajstić information content (AvgIpc) is 2.85. The second-order valence-electron chi connectivity index (χ2n) is 9.29. The molecule has 2 aliphatic rings. The lowest BCUT2D eigenvalue weighted by atomic mass is 9.78. The molecule has 0 N–H and O–H groups in total. The number of ether oxygens (including phenoxy) is 2. The Bertz CT molecular complexity index is 913. The molecule has 176 valence electrons. The molecule has 2 fully saturated rings. The van der Waals surface area contributed by atoms with Gasteiger partial charge in [0.05, 0.1) is 13.2 Å². The van der Waals surface area contributed by atoms with Crippen LogP contribution in [-0.2, 0) is 15.9 Å². The Balaban J connectivity index is 1.27. The van der Waals surface area contributed by atoms with Crippen molar-refractivity contribution in [1.82, 2.24) is 0 Å². The Labute approximate surface area is 196 Å². The minimum atomic E-state index is -1.66. The number of hydrogen-bond acceptors (Lipinski definition) is 2. The van der Waals surface area contributed by atoms with E-state index in [9.17, 15) is 8.78 Å². The quantitative estimate of drug-likeness (QED) is 0.398. The van der Waals surface area contributed by atoms with Gasteiger partial charge < -0.3 is 9.47 Å². The van der Waals surface area contributed by atoms with Crippen LogP contribution in [0.15, 0.2) is 72.8 Å². The smallest absolute Gasteiger partial charge is 0.266 e. The molecule has 1 aliphatic heterocycles. The van der Waals surface area contributed by atoms with Gasteiger partial charge in [-0.15, -0.1) is 0 Å². The van der Waals surface area contributed by atoms with Crippen molar-refractivity contribution in [3.63, 3.8) is 0 Å². The van der Waals surface area contributed by atoms with Gasteiger partial charge in [0, 0.05) is 11.8 Å². The van der Waals surface area contributed by atoms with Gasteiger partial charge in [0.25, 0.3) is 6.08 Å². The van der Waals surface area contributed by atoms with Gasteiger partial charge in [-0.3, -0.25) is 0 Å². The van der Waals surface area contributed by atoms with Gasteiger partial charge >= 0.3 is 0 Å². The van der Waals surface area contributed by atoms with E-state index in [0.717, 1.165) is 44.6 Å². The summed E-state index contributed by atoms with van der Waals surface area (Å²) in [4.78, 5) is 0. The highest BCUT2D eigenvalue weighted by Crippen LogP contribution is 2.39. The molecule has 33 heavy (non-hydrogen) atoms. The lowest BCUT2D eigenvalue weighted by Crippen LogP contribution is -2.37. The SMILES string of the molecule is C/C=C/CCc1ccc(-c2ccc(C3CCC(C4OCC(C=C(F)F)CO4)CC3)cc2)cc1. The summed E-state index contributed by atoms with van der Waals surface area (Å²) in [5, 5.41) is 0. The van der Waals surface area contributed by atoms with Crippen molar-refractivity contribution < 1.29 is 18.3 Å². The highest BCUT2D eigenvalue weighted by atomic mass is 19.3. The largest absolute Gasteiger partial charge is 0.352 e. The van der Waals surface area contributed by atoms with Gasteiger partial charge in [0.15, 0.2) is 6.29 Å². The van der Waals surface area contributed by atoms with Crippen molar-refractivity contribution in [2.24, 2.45) is 11.8 Å². The number of rotatable bonds is 7. The molecule has 0 amide bonds. The van der Waals surface area contributed by atoms with Crippen LogP contribution >= 0.6 is 0 Å². The summed E-state index contributed by atoms with van der Waals surface area (Å²) in [6, 6.07) is 17.9. The average molecular weight is 453 g/mol. The van der Waals surface area contributed by atoms with E-state index in [1.54, 1.807) is 0 Å². The Kier molecular flexibility index (Phi) is 8.46. The predicted molar refractivity (Wildman–Crippen MR) is 129 cm³/mol. The van der Waals surface area contributed by atoms with E-state index in [4.69, 9.17) is 9.47 Å². The minimum Gasteiger partial charge on any atom is -0.352 e. The van der Waals surface area contributed by atoms with Crippen molar-refractivity contribution in [1.29, 1.82) is 0 Å². The maximum Gasteiger partial charge on any atom is 0.266 e. The fourth-order valence-electron chi connectivity index (χ4n) is 5.03. The summed E-state index contributed by atoms with van der Waals surface area (Å²) in [6.07, 6.45) is 9.82. The maximum absolute atomic E-state index is 12.4. The third kappa shape index (κ3) is 6.61.